The van der Waals surface area contributed by atoms with E-state index in [1.54, 1.807) is 4.90 Å². The van der Waals surface area contributed by atoms with E-state index in [0.717, 1.165) is 5.56 Å². The van der Waals surface area contributed by atoms with Crippen LogP contribution in [-0.2, 0) is 14.3 Å². The van der Waals surface area contributed by atoms with E-state index in [4.69, 9.17) is 4.74 Å². The van der Waals surface area contributed by atoms with Crippen LogP contribution in [0.3, 0.4) is 0 Å². The number of hydrogen-bond acceptors (Lipinski definition) is 4. The summed E-state index contributed by atoms with van der Waals surface area (Å²) < 4.78 is 5.95. The van der Waals surface area contributed by atoms with Crippen LogP contribution in [0.5, 0.6) is 0 Å². The Labute approximate surface area is 140 Å². The molecule has 7 heteroatoms. The summed E-state index contributed by atoms with van der Waals surface area (Å²) in [5.41, 5.74) is 1.05. The highest BCUT2D eigenvalue weighted by Gasteiger charge is 2.32. The number of urea groups is 1. The first kappa shape index (κ1) is 16.4. The van der Waals surface area contributed by atoms with Gasteiger partial charge in [0.15, 0.2) is 0 Å². The smallest absolute Gasteiger partial charge is 0.322 e. The number of carbonyl (C=O) groups excluding carboxylic acids is 3. The van der Waals surface area contributed by atoms with Crippen molar-refractivity contribution in [3.8, 4) is 0 Å². The predicted molar refractivity (Wildman–Crippen MR) is 86.0 cm³/mol. The number of rotatable bonds is 4. The lowest BCUT2D eigenvalue weighted by Gasteiger charge is -2.37. The highest BCUT2D eigenvalue weighted by Crippen LogP contribution is 2.25. The minimum absolute atomic E-state index is 0.0277. The Bertz CT molecular complexity index is 634. The Morgan fingerprint density at radius 3 is 2.67 bits per heavy atom. The van der Waals surface area contributed by atoms with Crippen LogP contribution in [0, 0.1) is 0 Å². The molecule has 2 saturated heterocycles. The summed E-state index contributed by atoms with van der Waals surface area (Å²) in [7, 11) is 0. The molecule has 2 N–H and O–H groups in total. The van der Waals surface area contributed by atoms with E-state index in [0.29, 0.717) is 19.5 Å². The standard InChI is InChI=1S/C17H21N3O4/c1-11-9-20(10-14(24-11)12-5-3-2-4-6-12)15(21)8-7-13-16(22)19-17(23)18-13/h2-6,11,13-14H,7-10H2,1H3,(H2,18,19,22,23)/t11-,13-,14-/m1/s1. The van der Waals surface area contributed by atoms with Gasteiger partial charge in [-0.15, -0.1) is 0 Å². The zero-order valence-electron chi connectivity index (χ0n) is 13.5. The van der Waals surface area contributed by atoms with Crippen molar-refractivity contribution in [2.75, 3.05) is 13.1 Å². The molecule has 1 aromatic rings. The lowest BCUT2D eigenvalue weighted by Crippen LogP contribution is -2.46. The van der Waals surface area contributed by atoms with E-state index in [1.165, 1.54) is 0 Å². The third-order valence-corrected chi connectivity index (χ3v) is 4.29. The molecule has 2 fully saturated rings. The Morgan fingerprint density at radius 2 is 2.00 bits per heavy atom. The molecule has 3 atom stereocenters. The van der Waals surface area contributed by atoms with Crippen molar-refractivity contribution in [2.45, 2.75) is 38.0 Å². The van der Waals surface area contributed by atoms with E-state index in [2.05, 4.69) is 10.6 Å². The van der Waals surface area contributed by atoms with Gasteiger partial charge in [0, 0.05) is 13.0 Å². The number of hydrogen-bond donors (Lipinski definition) is 2. The molecule has 128 valence electrons. The average Bonchev–Trinajstić information content (AvgIpc) is 2.90. The van der Waals surface area contributed by atoms with Crippen molar-refractivity contribution in [1.29, 1.82) is 0 Å². The molecule has 2 aliphatic rings. The molecule has 24 heavy (non-hydrogen) atoms. The lowest BCUT2D eigenvalue weighted by atomic mass is 10.1. The van der Waals surface area contributed by atoms with E-state index in [9.17, 15) is 14.4 Å². The van der Waals surface area contributed by atoms with Gasteiger partial charge in [0.2, 0.25) is 5.91 Å². The molecular formula is C17H21N3O4. The summed E-state index contributed by atoms with van der Waals surface area (Å²) in [6, 6.07) is 8.70. The fourth-order valence-electron chi connectivity index (χ4n) is 3.09. The van der Waals surface area contributed by atoms with Gasteiger partial charge in [0.1, 0.15) is 12.1 Å². The van der Waals surface area contributed by atoms with Crippen molar-refractivity contribution < 1.29 is 19.1 Å². The van der Waals surface area contributed by atoms with Crippen molar-refractivity contribution in [1.82, 2.24) is 15.5 Å². The summed E-state index contributed by atoms with van der Waals surface area (Å²) in [5, 5.41) is 4.68. The van der Waals surface area contributed by atoms with Gasteiger partial charge in [0.05, 0.1) is 12.6 Å². The quantitative estimate of drug-likeness (QED) is 0.805. The minimum atomic E-state index is -0.621. The van der Waals surface area contributed by atoms with Gasteiger partial charge in [-0.2, -0.15) is 0 Å². The fraction of sp³-hybridized carbons (Fsp3) is 0.471. The number of benzene rings is 1. The summed E-state index contributed by atoms with van der Waals surface area (Å²) in [5.74, 6) is -0.398. The third-order valence-electron chi connectivity index (χ3n) is 4.29. The molecule has 2 aliphatic heterocycles. The summed E-state index contributed by atoms with van der Waals surface area (Å²) in [6.07, 6.45) is 0.320. The maximum atomic E-state index is 12.5. The number of carbonyl (C=O) groups is 3. The fourth-order valence-corrected chi connectivity index (χ4v) is 3.09. The van der Waals surface area contributed by atoms with Crippen LogP contribution in [0.25, 0.3) is 0 Å². The molecule has 0 saturated carbocycles. The van der Waals surface area contributed by atoms with E-state index in [1.807, 2.05) is 37.3 Å². The van der Waals surface area contributed by atoms with E-state index >= 15 is 0 Å². The zero-order valence-corrected chi connectivity index (χ0v) is 13.5. The highest BCUT2D eigenvalue weighted by atomic mass is 16.5. The highest BCUT2D eigenvalue weighted by molar-refractivity contribution is 6.04. The van der Waals surface area contributed by atoms with Crippen LogP contribution >= 0.6 is 0 Å². The Balaban J connectivity index is 1.58. The van der Waals surface area contributed by atoms with Gasteiger partial charge in [-0.25, -0.2) is 4.79 Å². The average molecular weight is 331 g/mol. The largest absolute Gasteiger partial charge is 0.367 e. The number of nitrogens with zero attached hydrogens (tertiary/aromatic N) is 1. The zero-order chi connectivity index (χ0) is 17.1. The Kier molecular flexibility index (Phi) is 4.80. The maximum absolute atomic E-state index is 12.5. The van der Waals surface area contributed by atoms with Gasteiger partial charge < -0.3 is 15.0 Å². The number of nitrogens with one attached hydrogen (secondary N) is 2. The lowest BCUT2D eigenvalue weighted by molar-refractivity contribution is -0.145. The van der Waals surface area contributed by atoms with E-state index < -0.39 is 12.1 Å². The molecule has 3 rings (SSSR count). The van der Waals surface area contributed by atoms with Crippen LogP contribution in [-0.4, -0.2) is 48.0 Å². The molecule has 0 bridgehead atoms. The molecule has 0 aliphatic carbocycles. The third kappa shape index (κ3) is 3.73. The van der Waals surface area contributed by atoms with Gasteiger partial charge in [-0.1, -0.05) is 30.3 Å². The predicted octanol–water partition coefficient (Wildman–Crippen LogP) is 0.963. The molecule has 2 heterocycles. The Hall–Kier alpha value is -2.41. The molecule has 0 unspecified atom stereocenters. The Morgan fingerprint density at radius 1 is 1.25 bits per heavy atom. The molecule has 1 aromatic carbocycles. The monoisotopic (exact) mass is 331 g/mol. The second kappa shape index (κ2) is 7.00. The van der Waals surface area contributed by atoms with Crippen LogP contribution in [0.15, 0.2) is 30.3 Å². The van der Waals surface area contributed by atoms with Crippen molar-refractivity contribution in [3.05, 3.63) is 35.9 Å². The van der Waals surface area contributed by atoms with Crippen LogP contribution in [0.4, 0.5) is 4.79 Å². The summed E-state index contributed by atoms with van der Waals surface area (Å²) in [4.78, 5) is 36.9. The number of ether oxygens (including phenoxy) is 1. The first-order valence-corrected chi connectivity index (χ1v) is 8.12. The number of amides is 4. The topological polar surface area (TPSA) is 87.7 Å². The number of morpholine rings is 1. The molecular weight excluding hydrogens is 310 g/mol. The molecule has 0 aromatic heterocycles. The SMILES string of the molecule is C[C@@H]1CN(C(=O)CC[C@H]2NC(=O)NC2=O)C[C@H](c2ccccc2)O1. The van der Waals surface area contributed by atoms with Crippen LogP contribution in [0.1, 0.15) is 31.4 Å². The minimum Gasteiger partial charge on any atom is -0.367 e. The maximum Gasteiger partial charge on any atom is 0.322 e. The van der Waals surface area contributed by atoms with Crippen molar-refractivity contribution in [3.63, 3.8) is 0 Å². The summed E-state index contributed by atoms with van der Waals surface area (Å²) >= 11 is 0. The van der Waals surface area contributed by atoms with Gasteiger partial charge in [-0.05, 0) is 18.9 Å². The second-order valence-electron chi connectivity index (χ2n) is 6.20. The first-order valence-electron chi connectivity index (χ1n) is 8.12. The second-order valence-corrected chi connectivity index (χ2v) is 6.20. The van der Waals surface area contributed by atoms with E-state index in [-0.39, 0.29) is 30.4 Å². The van der Waals surface area contributed by atoms with Crippen LogP contribution < -0.4 is 10.6 Å². The van der Waals surface area contributed by atoms with Gasteiger partial charge in [-0.3, -0.25) is 14.9 Å². The van der Waals surface area contributed by atoms with Crippen molar-refractivity contribution in [2.24, 2.45) is 0 Å². The van der Waals surface area contributed by atoms with Gasteiger partial charge >= 0.3 is 6.03 Å². The number of imide groups is 1. The normalized spacial score (nSPS) is 26.9. The first-order chi connectivity index (χ1) is 11.5. The summed E-state index contributed by atoms with van der Waals surface area (Å²) in [6.45, 7) is 2.97. The van der Waals surface area contributed by atoms with Crippen molar-refractivity contribution >= 4 is 17.8 Å². The molecule has 7 nitrogen and oxygen atoms in total. The molecule has 4 amide bonds. The van der Waals surface area contributed by atoms with Crippen LogP contribution in [0.2, 0.25) is 0 Å². The van der Waals surface area contributed by atoms with Gasteiger partial charge in [0.25, 0.3) is 5.91 Å². The molecule has 0 radical (unpaired) electrons. The molecule has 0 spiro atoms.